The van der Waals surface area contributed by atoms with Gasteiger partial charge in [0.2, 0.25) is 0 Å². The molecule has 5 heteroatoms. The average Bonchev–Trinajstić information content (AvgIpc) is 2.11. The maximum absolute atomic E-state index is 10.9. The Balaban J connectivity index is 0.00000225. The van der Waals surface area contributed by atoms with Gasteiger partial charge in [-0.1, -0.05) is 29.8 Å². The zero-order valence-electron chi connectivity index (χ0n) is 9.53. The molecule has 0 unspecified atom stereocenters. The number of sulfone groups is 1. The van der Waals surface area contributed by atoms with Crippen LogP contribution < -0.4 is 22.3 Å². The Hall–Kier alpha value is -0.390. The lowest BCUT2D eigenvalue weighted by molar-refractivity contribution is -0.00000577. The molecule has 0 amide bonds. The second-order valence-electron chi connectivity index (χ2n) is 3.80. The van der Waals surface area contributed by atoms with E-state index in [9.17, 15) is 8.42 Å². The number of halogens is 1. The van der Waals surface area contributed by atoms with Gasteiger partial charge in [0, 0.05) is 19.3 Å². The van der Waals surface area contributed by atoms with Crippen LogP contribution in [0.15, 0.2) is 24.3 Å². The van der Waals surface area contributed by atoms with Crippen LogP contribution in [-0.2, 0) is 16.4 Å². The highest BCUT2D eigenvalue weighted by atomic mass is 79.9. The van der Waals surface area contributed by atoms with Gasteiger partial charge in [-0.15, -0.1) is 0 Å². The SMILES string of the molecule is Cc1cccc(CNCCS(C)(=O)=O)c1.[Br-]. The summed E-state index contributed by atoms with van der Waals surface area (Å²) in [6.07, 6.45) is 1.25. The molecule has 0 aliphatic carbocycles. The minimum Gasteiger partial charge on any atom is -1.00 e. The quantitative estimate of drug-likeness (QED) is 0.649. The van der Waals surface area contributed by atoms with Crippen LogP contribution in [0.4, 0.5) is 0 Å². The lowest BCUT2D eigenvalue weighted by Crippen LogP contribution is -3.00. The minimum absolute atomic E-state index is 0. The molecule has 0 aliphatic heterocycles. The van der Waals surface area contributed by atoms with Crippen molar-refractivity contribution in [2.45, 2.75) is 13.5 Å². The van der Waals surface area contributed by atoms with Crippen molar-refractivity contribution < 1.29 is 25.4 Å². The predicted molar refractivity (Wildman–Crippen MR) is 62.6 cm³/mol. The fraction of sp³-hybridized carbons (Fsp3) is 0.455. The smallest absolute Gasteiger partial charge is 0.148 e. The molecule has 0 aliphatic rings. The number of aryl methyl sites for hydroxylation is 1. The molecule has 3 nitrogen and oxygen atoms in total. The molecule has 16 heavy (non-hydrogen) atoms. The molecule has 1 aromatic rings. The first-order valence-electron chi connectivity index (χ1n) is 4.91. The van der Waals surface area contributed by atoms with E-state index in [1.807, 2.05) is 25.1 Å². The van der Waals surface area contributed by atoms with Gasteiger partial charge in [0.15, 0.2) is 0 Å². The Morgan fingerprint density at radius 2 is 2.00 bits per heavy atom. The summed E-state index contributed by atoms with van der Waals surface area (Å²) in [6.45, 7) is 3.27. The van der Waals surface area contributed by atoms with Crippen LogP contribution in [0.25, 0.3) is 0 Å². The average molecular weight is 307 g/mol. The first-order chi connectivity index (χ1) is 6.97. The highest BCUT2D eigenvalue weighted by molar-refractivity contribution is 7.90. The molecule has 1 aromatic carbocycles. The third-order valence-electron chi connectivity index (χ3n) is 2.06. The van der Waals surface area contributed by atoms with Gasteiger partial charge in [0.1, 0.15) is 9.84 Å². The van der Waals surface area contributed by atoms with Gasteiger partial charge < -0.3 is 22.3 Å². The third-order valence-corrected chi connectivity index (χ3v) is 3.01. The van der Waals surface area contributed by atoms with Crippen molar-refractivity contribution in [1.29, 1.82) is 0 Å². The van der Waals surface area contributed by atoms with Gasteiger partial charge in [0.05, 0.1) is 5.75 Å². The molecule has 1 rings (SSSR count). The summed E-state index contributed by atoms with van der Waals surface area (Å²) in [6, 6.07) is 8.16. The Morgan fingerprint density at radius 3 is 2.56 bits per heavy atom. The molecule has 0 fully saturated rings. The van der Waals surface area contributed by atoms with Crippen molar-refractivity contribution in [3.63, 3.8) is 0 Å². The molecular weight excluding hydrogens is 290 g/mol. The lowest BCUT2D eigenvalue weighted by Gasteiger charge is -2.04. The van der Waals surface area contributed by atoms with E-state index in [0.29, 0.717) is 6.54 Å². The standard InChI is InChI=1S/C11H17NO2S.BrH/c1-10-4-3-5-11(8-10)9-12-6-7-15(2,13)14;/h3-5,8,12H,6-7,9H2,1-2H3;1H/p-1. The molecule has 0 bridgehead atoms. The maximum atomic E-state index is 10.9. The second kappa shape index (κ2) is 7.04. The van der Waals surface area contributed by atoms with Crippen LogP contribution in [0.2, 0.25) is 0 Å². The monoisotopic (exact) mass is 306 g/mol. The summed E-state index contributed by atoms with van der Waals surface area (Å²) in [5.74, 6) is 0.193. The molecule has 0 aromatic heterocycles. The molecule has 0 radical (unpaired) electrons. The molecule has 0 spiro atoms. The number of nitrogens with one attached hydrogen (secondary N) is 1. The van der Waals surface area contributed by atoms with E-state index in [4.69, 9.17) is 0 Å². The van der Waals surface area contributed by atoms with Gasteiger partial charge in [-0.05, 0) is 12.5 Å². The zero-order valence-corrected chi connectivity index (χ0v) is 11.9. The fourth-order valence-corrected chi connectivity index (χ4v) is 1.83. The summed E-state index contributed by atoms with van der Waals surface area (Å²) in [7, 11) is -2.85. The molecule has 0 heterocycles. The summed E-state index contributed by atoms with van der Waals surface area (Å²) >= 11 is 0. The van der Waals surface area contributed by atoms with Gasteiger partial charge in [-0.25, -0.2) is 8.42 Å². The largest absolute Gasteiger partial charge is 1.00 e. The predicted octanol–water partition coefficient (Wildman–Crippen LogP) is -1.87. The van der Waals surface area contributed by atoms with Crippen molar-refractivity contribution in [1.82, 2.24) is 5.32 Å². The van der Waals surface area contributed by atoms with Gasteiger partial charge >= 0.3 is 0 Å². The summed E-state index contributed by atoms with van der Waals surface area (Å²) in [4.78, 5) is 0. The number of hydrogen-bond acceptors (Lipinski definition) is 3. The molecule has 0 saturated heterocycles. The number of hydrogen-bond donors (Lipinski definition) is 1. The van der Waals surface area contributed by atoms with Crippen molar-refractivity contribution in [2.75, 3.05) is 18.6 Å². The fourth-order valence-electron chi connectivity index (χ4n) is 1.31. The molecule has 92 valence electrons. The Kier molecular flexibility index (Phi) is 6.87. The highest BCUT2D eigenvalue weighted by Gasteiger charge is 2.00. The molecule has 0 saturated carbocycles. The van der Waals surface area contributed by atoms with Crippen LogP contribution in [0.1, 0.15) is 11.1 Å². The number of rotatable bonds is 5. The molecular formula is C11H17BrNO2S-. The van der Waals surface area contributed by atoms with Crippen LogP contribution in [0.5, 0.6) is 0 Å². The maximum Gasteiger partial charge on any atom is 0.148 e. The van der Waals surface area contributed by atoms with E-state index >= 15 is 0 Å². The van der Waals surface area contributed by atoms with E-state index in [-0.39, 0.29) is 22.7 Å². The Bertz CT molecular complexity index is 418. The third kappa shape index (κ3) is 6.98. The van der Waals surface area contributed by atoms with Crippen LogP contribution >= 0.6 is 0 Å². The van der Waals surface area contributed by atoms with Crippen LogP contribution in [0, 0.1) is 6.92 Å². The van der Waals surface area contributed by atoms with Gasteiger partial charge in [-0.2, -0.15) is 0 Å². The van der Waals surface area contributed by atoms with E-state index in [1.165, 1.54) is 17.4 Å². The van der Waals surface area contributed by atoms with Crippen molar-refractivity contribution in [3.05, 3.63) is 35.4 Å². The van der Waals surface area contributed by atoms with E-state index in [1.54, 1.807) is 0 Å². The van der Waals surface area contributed by atoms with Crippen molar-refractivity contribution in [2.24, 2.45) is 0 Å². The lowest BCUT2D eigenvalue weighted by atomic mass is 10.1. The summed E-state index contributed by atoms with van der Waals surface area (Å²) in [5, 5.41) is 3.11. The first kappa shape index (κ1) is 15.6. The van der Waals surface area contributed by atoms with Crippen LogP contribution in [-0.4, -0.2) is 27.0 Å². The zero-order chi connectivity index (χ0) is 11.3. The number of benzene rings is 1. The summed E-state index contributed by atoms with van der Waals surface area (Å²) < 4.78 is 21.7. The first-order valence-corrected chi connectivity index (χ1v) is 6.97. The van der Waals surface area contributed by atoms with Gasteiger partial charge in [-0.3, -0.25) is 0 Å². The minimum atomic E-state index is -2.85. The topological polar surface area (TPSA) is 46.2 Å². The highest BCUT2D eigenvalue weighted by Crippen LogP contribution is 2.02. The van der Waals surface area contributed by atoms with Gasteiger partial charge in [0.25, 0.3) is 0 Å². The van der Waals surface area contributed by atoms with Crippen molar-refractivity contribution >= 4 is 9.84 Å². The van der Waals surface area contributed by atoms with E-state index < -0.39 is 9.84 Å². The Morgan fingerprint density at radius 1 is 1.31 bits per heavy atom. The second-order valence-corrected chi connectivity index (χ2v) is 6.06. The normalized spacial score (nSPS) is 10.9. The molecule has 1 N–H and O–H groups in total. The Labute approximate surface area is 108 Å². The van der Waals surface area contributed by atoms with E-state index in [0.717, 1.165) is 6.54 Å². The summed E-state index contributed by atoms with van der Waals surface area (Å²) in [5.41, 5.74) is 2.40. The van der Waals surface area contributed by atoms with Crippen LogP contribution in [0.3, 0.4) is 0 Å². The van der Waals surface area contributed by atoms with Crippen molar-refractivity contribution in [3.8, 4) is 0 Å². The van der Waals surface area contributed by atoms with E-state index in [2.05, 4.69) is 11.4 Å². The molecule has 0 atom stereocenters.